The Labute approximate surface area is 141 Å². The average Bonchev–Trinajstić information content (AvgIpc) is 3.09. The molecule has 0 amide bonds. The lowest BCUT2D eigenvalue weighted by Gasteiger charge is -2.12. The van der Waals surface area contributed by atoms with E-state index in [1.165, 1.54) is 6.07 Å². The van der Waals surface area contributed by atoms with Crippen molar-refractivity contribution in [3.8, 4) is 22.5 Å². The first kappa shape index (κ1) is 16.4. The zero-order chi connectivity index (χ0) is 17.2. The van der Waals surface area contributed by atoms with E-state index in [1.807, 2.05) is 37.4 Å². The number of benzene rings is 2. The molecule has 0 fully saturated rings. The Morgan fingerprint density at radius 2 is 1.83 bits per heavy atom. The summed E-state index contributed by atoms with van der Waals surface area (Å²) in [5, 5.41) is 8.47. The molecule has 3 N–H and O–H groups in total. The van der Waals surface area contributed by atoms with Crippen LogP contribution in [0.3, 0.4) is 0 Å². The summed E-state index contributed by atoms with van der Waals surface area (Å²) in [4.78, 5) is 0.108. The van der Waals surface area contributed by atoms with Gasteiger partial charge in [-0.05, 0) is 42.4 Å². The first-order chi connectivity index (χ1) is 11.5. The third-order valence-corrected chi connectivity index (χ3v) is 4.74. The quantitative estimate of drug-likeness (QED) is 0.746. The summed E-state index contributed by atoms with van der Waals surface area (Å²) in [6.07, 6.45) is 1.61. The minimum atomic E-state index is -3.80. The smallest absolute Gasteiger partial charge is 0.238 e. The molecule has 6 heteroatoms. The molecule has 1 aromatic heterocycles. The van der Waals surface area contributed by atoms with Gasteiger partial charge in [-0.2, -0.15) is 0 Å². The highest BCUT2D eigenvalue weighted by Gasteiger charge is 2.16. The van der Waals surface area contributed by atoms with Crippen LogP contribution in [0.5, 0.6) is 0 Å². The maximum atomic E-state index is 11.9. The minimum absolute atomic E-state index is 0.108. The fourth-order valence-corrected chi connectivity index (χ4v) is 3.46. The number of rotatable bonds is 5. The molecule has 3 aromatic rings. The normalized spacial score (nSPS) is 11.6. The average molecular weight is 342 g/mol. The van der Waals surface area contributed by atoms with E-state index in [0.29, 0.717) is 12.1 Å². The number of nitrogens with two attached hydrogens (primary N) is 1. The first-order valence-electron chi connectivity index (χ1n) is 7.44. The maximum Gasteiger partial charge on any atom is 0.238 e. The molecule has 5 nitrogen and oxygen atoms in total. The van der Waals surface area contributed by atoms with Crippen molar-refractivity contribution in [3.05, 3.63) is 66.4 Å². The van der Waals surface area contributed by atoms with E-state index >= 15 is 0 Å². The Balaban J connectivity index is 2.20. The molecular weight excluding hydrogens is 324 g/mol. The van der Waals surface area contributed by atoms with E-state index in [-0.39, 0.29) is 4.90 Å². The Bertz CT molecular complexity index is 948. The Hall–Kier alpha value is -2.41. The third kappa shape index (κ3) is 3.26. The fraction of sp³-hybridized carbons (Fsp3) is 0.111. The molecule has 0 unspecified atom stereocenters. The molecule has 0 atom stereocenters. The van der Waals surface area contributed by atoms with E-state index in [0.717, 1.165) is 22.5 Å². The van der Waals surface area contributed by atoms with E-state index in [1.54, 1.807) is 24.5 Å². The molecule has 0 aliphatic heterocycles. The van der Waals surface area contributed by atoms with Crippen LogP contribution in [0.2, 0.25) is 0 Å². The van der Waals surface area contributed by atoms with Crippen molar-refractivity contribution in [2.75, 3.05) is 7.05 Å². The van der Waals surface area contributed by atoms with Crippen LogP contribution in [-0.4, -0.2) is 15.5 Å². The van der Waals surface area contributed by atoms with Crippen LogP contribution >= 0.6 is 0 Å². The molecule has 0 radical (unpaired) electrons. The highest BCUT2D eigenvalue weighted by Crippen LogP contribution is 2.32. The van der Waals surface area contributed by atoms with Crippen molar-refractivity contribution < 1.29 is 12.8 Å². The van der Waals surface area contributed by atoms with Gasteiger partial charge in [-0.15, -0.1) is 0 Å². The van der Waals surface area contributed by atoms with E-state index in [4.69, 9.17) is 9.56 Å². The second-order valence-electron chi connectivity index (χ2n) is 5.42. The van der Waals surface area contributed by atoms with Crippen molar-refractivity contribution in [2.45, 2.75) is 11.4 Å². The van der Waals surface area contributed by atoms with Crippen molar-refractivity contribution in [3.63, 3.8) is 0 Å². The molecule has 0 saturated heterocycles. The number of hydrogen-bond donors (Lipinski definition) is 2. The van der Waals surface area contributed by atoms with Crippen molar-refractivity contribution in [2.24, 2.45) is 5.14 Å². The van der Waals surface area contributed by atoms with Gasteiger partial charge < -0.3 is 9.73 Å². The predicted molar refractivity (Wildman–Crippen MR) is 93.7 cm³/mol. The summed E-state index contributed by atoms with van der Waals surface area (Å²) in [7, 11) is -1.93. The molecule has 0 aliphatic carbocycles. The Kier molecular flexibility index (Phi) is 4.53. The SMILES string of the molecule is CNCc1ccc(-c2ccccc2S(N)(=O)=O)cc1-c1ccco1. The van der Waals surface area contributed by atoms with Crippen LogP contribution < -0.4 is 10.5 Å². The van der Waals surface area contributed by atoms with E-state index in [2.05, 4.69) is 5.32 Å². The van der Waals surface area contributed by atoms with Gasteiger partial charge in [0.1, 0.15) is 5.76 Å². The van der Waals surface area contributed by atoms with Crippen LogP contribution in [0.1, 0.15) is 5.56 Å². The standard InChI is InChI=1S/C18H18N2O3S/c1-20-12-14-9-8-13(11-16(14)17-6-4-10-23-17)15-5-2-3-7-18(15)24(19,21)22/h2-11,20H,12H2,1H3,(H2,19,21,22). The molecule has 2 aromatic carbocycles. The fourth-order valence-electron chi connectivity index (χ4n) is 2.70. The first-order valence-corrected chi connectivity index (χ1v) is 8.99. The Morgan fingerprint density at radius 1 is 1.04 bits per heavy atom. The summed E-state index contributed by atoms with van der Waals surface area (Å²) in [5.74, 6) is 0.732. The van der Waals surface area contributed by atoms with Gasteiger partial charge in [-0.25, -0.2) is 13.6 Å². The predicted octanol–water partition coefficient (Wildman–Crippen LogP) is 2.98. The molecule has 0 bridgehead atoms. The zero-order valence-electron chi connectivity index (χ0n) is 13.2. The van der Waals surface area contributed by atoms with Gasteiger partial charge in [0.05, 0.1) is 11.2 Å². The molecule has 124 valence electrons. The monoisotopic (exact) mass is 342 g/mol. The lowest BCUT2D eigenvalue weighted by atomic mass is 9.97. The summed E-state index contributed by atoms with van der Waals surface area (Å²) in [5.41, 5.74) is 3.31. The molecule has 0 spiro atoms. The van der Waals surface area contributed by atoms with Crippen LogP contribution in [0.4, 0.5) is 0 Å². The van der Waals surface area contributed by atoms with E-state index < -0.39 is 10.0 Å². The van der Waals surface area contributed by atoms with Gasteiger partial charge in [0, 0.05) is 17.7 Å². The van der Waals surface area contributed by atoms with E-state index in [9.17, 15) is 8.42 Å². The largest absolute Gasteiger partial charge is 0.464 e. The van der Waals surface area contributed by atoms with Crippen molar-refractivity contribution >= 4 is 10.0 Å². The lowest BCUT2D eigenvalue weighted by molar-refractivity contribution is 0.581. The van der Waals surface area contributed by atoms with Gasteiger partial charge in [-0.3, -0.25) is 0 Å². The summed E-state index contributed by atoms with van der Waals surface area (Å²) < 4.78 is 29.2. The highest BCUT2D eigenvalue weighted by atomic mass is 32.2. The van der Waals surface area contributed by atoms with Crippen molar-refractivity contribution in [1.29, 1.82) is 0 Å². The zero-order valence-corrected chi connectivity index (χ0v) is 14.0. The molecular formula is C18H18N2O3S. The second-order valence-corrected chi connectivity index (χ2v) is 6.95. The number of nitrogens with one attached hydrogen (secondary N) is 1. The van der Waals surface area contributed by atoms with Crippen LogP contribution in [-0.2, 0) is 16.6 Å². The molecule has 0 aliphatic rings. The van der Waals surface area contributed by atoms with Gasteiger partial charge in [0.15, 0.2) is 0 Å². The number of sulfonamides is 1. The number of hydrogen-bond acceptors (Lipinski definition) is 4. The van der Waals surface area contributed by atoms with Crippen molar-refractivity contribution in [1.82, 2.24) is 5.32 Å². The minimum Gasteiger partial charge on any atom is -0.464 e. The Morgan fingerprint density at radius 3 is 2.50 bits per heavy atom. The molecule has 0 saturated carbocycles. The van der Waals surface area contributed by atoms with Gasteiger partial charge >= 0.3 is 0 Å². The van der Waals surface area contributed by atoms with Gasteiger partial charge in [0.2, 0.25) is 10.0 Å². The summed E-state index contributed by atoms with van der Waals surface area (Å²) in [6, 6.07) is 16.2. The van der Waals surface area contributed by atoms with Crippen LogP contribution in [0.15, 0.2) is 70.2 Å². The topological polar surface area (TPSA) is 85.3 Å². The third-order valence-electron chi connectivity index (χ3n) is 3.77. The van der Waals surface area contributed by atoms with Gasteiger partial charge in [-0.1, -0.05) is 30.3 Å². The molecule has 3 rings (SSSR count). The summed E-state index contributed by atoms with van der Waals surface area (Å²) in [6.45, 7) is 0.674. The number of furan rings is 1. The summed E-state index contributed by atoms with van der Waals surface area (Å²) >= 11 is 0. The lowest BCUT2D eigenvalue weighted by Crippen LogP contribution is -2.13. The maximum absolute atomic E-state index is 11.9. The van der Waals surface area contributed by atoms with Crippen LogP contribution in [0.25, 0.3) is 22.5 Å². The molecule has 1 heterocycles. The highest BCUT2D eigenvalue weighted by molar-refractivity contribution is 7.89. The number of primary sulfonamides is 1. The second kappa shape index (κ2) is 6.60. The molecule has 24 heavy (non-hydrogen) atoms. The van der Waals surface area contributed by atoms with Crippen LogP contribution in [0, 0.1) is 0 Å². The van der Waals surface area contributed by atoms with Gasteiger partial charge in [0.25, 0.3) is 0 Å².